The number of halogens is 3. The van der Waals surface area contributed by atoms with E-state index in [1.165, 1.54) is 12.1 Å². The quantitative estimate of drug-likeness (QED) is 0.764. The maximum atomic E-state index is 13.1. The first-order valence-corrected chi connectivity index (χ1v) is 6.42. The van der Waals surface area contributed by atoms with E-state index in [0.717, 1.165) is 14.6 Å². The van der Waals surface area contributed by atoms with Crippen LogP contribution in [0.25, 0.3) is 0 Å². The Morgan fingerprint density at radius 3 is 2.41 bits per heavy atom. The molecule has 0 atom stereocenters. The summed E-state index contributed by atoms with van der Waals surface area (Å²) in [5, 5.41) is 3.12. The van der Waals surface area contributed by atoms with E-state index in [9.17, 15) is 4.39 Å². The summed E-state index contributed by atoms with van der Waals surface area (Å²) in [5.74, 6) is -0.290. The van der Waals surface area contributed by atoms with E-state index in [1.807, 2.05) is 6.07 Å². The highest BCUT2D eigenvalue weighted by Crippen LogP contribution is 2.31. The van der Waals surface area contributed by atoms with Crippen LogP contribution in [0.5, 0.6) is 0 Å². The molecule has 0 aliphatic heterocycles. The van der Waals surface area contributed by atoms with Crippen LogP contribution >= 0.6 is 31.9 Å². The molecule has 2 aromatic carbocycles. The molecule has 88 valence electrons. The van der Waals surface area contributed by atoms with E-state index >= 15 is 0 Å². The highest BCUT2D eigenvalue weighted by molar-refractivity contribution is 9.11. The molecule has 17 heavy (non-hydrogen) atoms. The predicted octanol–water partition coefficient (Wildman–Crippen LogP) is 4.68. The molecule has 2 aromatic rings. The Hall–Kier alpha value is -1.07. The van der Waals surface area contributed by atoms with Gasteiger partial charge in [0.25, 0.3) is 0 Å². The molecule has 0 saturated carbocycles. The van der Waals surface area contributed by atoms with Crippen molar-refractivity contribution < 1.29 is 4.39 Å². The fraction of sp³-hybridized carbons (Fsp3) is 0. The number of nitrogens with one attached hydrogen (secondary N) is 1. The van der Waals surface area contributed by atoms with Gasteiger partial charge in [-0.15, -0.1) is 0 Å². The molecule has 0 saturated heterocycles. The van der Waals surface area contributed by atoms with Crippen LogP contribution in [0, 0.1) is 5.82 Å². The molecule has 0 heterocycles. The fourth-order valence-electron chi connectivity index (χ4n) is 1.37. The first-order valence-electron chi connectivity index (χ1n) is 4.83. The molecule has 0 aliphatic carbocycles. The van der Waals surface area contributed by atoms with Gasteiger partial charge in [-0.1, -0.05) is 0 Å². The van der Waals surface area contributed by atoms with Crippen LogP contribution in [-0.4, -0.2) is 0 Å². The molecule has 0 unspecified atom stereocenters. The Bertz CT molecular complexity index is 558. The Labute approximate surface area is 115 Å². The smallest absolute Gasteiger partial charge is 0.125 e. The summed E-state index contributed by atoms with van der Waals surface area (Å²) < 4.78 is 14.7. The lowest BCUT2D eigenvalue weighted by Crippen LogP contribution is -1.94. The van der Waals surface area contributed by atoms with Gasteiger partial charge < -0.3 is 11.1 Å². The minimum Gasteiger partial charge on any atom is -0.399 e. The van der Waals surface area contributed by atoms with E-state index in [2.05, 4.69) is 37.2 Å². The third-order valence-corrected chi connectivity index (χ3v) is 3.54. The van der Waals surface area contributed by atoms with Gasteiger partial charge in [0.15, 0.2) is 0 Å². The van der Waals surface area contributed by atoms with Gasteiger partial charge in [0, 0.05) is 14.6 Å². The van der Waals surface area contributed by atoms with Crippen molar-refractivity contribution in [2.45, 2.75) is 0 Å². The lowest BCUT2D eigenvalue weighted by atomic mass is 10.2. The molecular weight excluding hydrogens is 351 g/mol. The van der Waals surface area contributed by atoms with E-state index in [4.69, 9.17) is 5.73 Å². The minimum absolute atomic E-state index is 0.290. The van der Waals surface area contributed by atoms with Crippen molar-refractivity contribution in [3.05, 3.63) is 51.2 Å². The summed E-state index contributed by atoms with van der Waals surface area (Å²) >= 11 is 6.75. The predicted molar refractivity (Wildman–Crippen MR) is 75.9 cm³/mol. The molecule has 0 bridgehead atoms. The van der Waals surface area contributed by atoms with Crippen molar-refractivity contribution in [3.8, 4) is 0 Å². The zero-order valence-corrected chi connectivity index (χ0v) is 11.8. The van der Waals surface area contributed by atoms with Crippen molar-refractivity contribution in [1.82, 2.24) is 0 Å². The molecule has 5 heteroatoms. The second-order valence-electron chi connectivity index (χ2n) is 3.49. The van der Waals surface area contributed by atoms with Gasteiger partial charge in [0.05, 0.1) is 11.4 Å². The van der Waals surface area contributed by atoms with E-state index in [1.54, 1.807) is 18.2 Å². The number of benzene rings is 2. The summed E-state index contributed by atoms with van der Waals surface area (Å²) in [4.78, 5) is 0. The van der Waals surface area contributed by atoms with Gasteiger partial charge in [-0.05, 0) is 68.3 Å². The highest BCUT2D eigenvalue weighted by atomic mass is 79.9. The van der Waals surface area contributed by atoms with E-state index in [0.29, 0.717) is 11.4 Å². The third-order valence-electron chi connectivity index (χ3n) is 2.19. The van der Waals surface area contributed by atoms with Crippen molar-refractivity contribution in [2.75, 3.05) is 11.1 Å². The number of hydrogen-bond donors (Lipinski definition) is 2. The van der Waals surface area contributed by atoms with E-state index in [-0.39, 0.29) is 5.82 Å². The van der Waals surface area contributed by atoms with Crippen molar-refractivity contribution in [3.63, 3.8) is 0 Å². The van der Waals surface area contributed by atoms with Crippen LogP contribution in [0.15, 0.2) is 45.3 Å². The van der Waals surface area contributed by atoms with Crippen molar-refractivity contribution >= 4 is 48.9 Å². The maximum Gasteiger partial charge on any atom is 0.125 e. The van der Waals surface area contributed by atoms with Gasteiger partial charge in [-0.2, -0.15) is 0 Å². The Balaban J connectivity index is 2.34. The van der Waals surface area contributed by atoms with Crippen LogP contribution in [-0.2, 0) is 0 Å². The van der Waals surface area contributed by atoms with Gasteiger partial charge in [0.1, 0.15) is 5.82 Å². The first kappa shape index (κ1) is 12.4. The normalized spacial score (nSPS) is 10.3. The van der Waals surface area contributed by atoms with Crippen LogP contribution in [0.3, 0.4) is 0 Å². The molecule has 0 aliphatic rings. The van der Waals surface area contributed by atoms with E-state index < -0.39 is 0 Å². The van der Waals surface area contributed by atoms with Gasteiger partial charge >= 0.3 is 0 Å². The van der Waals surface area contributed by atoms with Crippen LogP contribution in [0.2, 0.25) is 0 Å². The molecule has 2 rings (SSSR count). The largest absolute Gasteiger partial charge is 0.399 e. The first-order chi connectivity index (χ1) is 8.06. The summed E-state index contributed by atoms with van der Waals surface area (Å²) in [7, 11) is 0. The van der Waals surface area contributed by atoms with Crippen molar-refractivity contribution in [1.29, 1.82) is 0 Å². The number of hydrogen-bond acceptors (Lipinski definition) is 2. The van der Waals surface area contributed by atoms with Crippen LogP contribution < -0.4 is 11.1 Å². The topological polar surface area (TPSA) is 38.0 Å². The number of rotatable bonds is 2. The third kappa shape index (κ3) is 2.98. The summed E-state index contributed by atoms with van der Waals surface area (Å²) in [6, 6.07) is 9.87. The average Bonchev–Trinajstić information content (AvgIpc) is 2.27. The van der Waals surface area contributed by atoms with Crippen LogP contribution in [0.4, 0.5) is 21.5 Å². The van der Waals surface area contributed by atoms with Gasteiger partial charge in [-0.25, -0.2) is 4.39 Å². The summed E-state index contributed by atoms with van der Waals surface area (Å²) in [6.45, 7) is 0. The second kappa shape index (κ2) is 5.06. The number of nitrogens with two attached hydrogens (primary N) is 1. The van der Waals surface area contributed by atoms with Gasteiger partial charge in [-0.3, -0.25) is 0 Å². The Kier molecular flexibility index (Phi) is 3.69. The monoisotopic (exact) mass is 358 g/mol. The highest BCUT2D eigenvalue weighted by Gasteiger charge is 2.05. The SMILES string of the molecule is Nc1ccc(Nc2cc(F)ccc2Br)c(Br)c1. The maximum absolute atomic E-state index is 13.1. The van der Waals surface area contributed by atoms with Gasteiger partial charge in [0.2, 0.25) is 0 Å². The molecular formula is C12H9Br2FN2. The average molecular weight is 360 g/mol. The summed E-state index contributed by atoms with van der Waals surface area (Å²) in [6.07, 6.45) is 0. The molecule has 0 amide bonds. The molecule has 0 spiro atoms. The zero-order valence-electron chi connectivity index (χ0n) is 8.68. The number of anilines is 3. The molecule has 3 N–H and O–H groups in total. The molecule has 0 fully saturated rings. The van der Waals surface area contributed by atoms with Crippen LogP contribution in [0.1, 0.15) is 0 Å². The molecule has 0 radical (unpaired) electrons. The number of nitrogen functional groups attached to an aromatic ring is 1. The standard InChI is InChI=1S/C12H9Br2FN2/c13-9-3-1-7(15)5-12(9)17-11-4-2-8(16)6-10(11)14/h1-6,17H,16H2. The Morgan fingerprint density at radius 1 is 0.941 bits per heavy atom. The minimum atomic E-state index is -0.290. The summed E-state index contributed by atoms with van der Waals surface area (Å²) in [5.41, 5.74) is 7.80. The second-order valence-corrected chi connectivity index (χ2v) is 5.20. The van der Waals surface area contributed by atoms with Crippen molar-refractivity contribution in [2.24, 2.45) is 0 Å². The molecule has 0 aromatic heterocycles. The lowest BCUT2D eigenvalue weighted by Gasteiger charge is -2.11. The lowest BCUT2D eigenvalue weighted by molar-refractivity contribution is 0.628. The molecule has 2 nitrogen and oxygen atoms in total. The Morgan fingerprint density at radius 2 is 1.71 bits per heavy atom. The fourth-order valence-corrected chi connectivity index (χ4v) is 2.21. The zero-order chi connectivity index (χ0) is 12.4.